The third-order valence-corrected chi connectivity index (χ3v) is 4.74. The van der Waals surface area contributed by atoms with Gasteiger partial charge in [0.05, 0.1) is 18.6 Å². The Hall–Kier alpha value is -0.960. The second kappa shape index (κ2) is 10.0. The minimum absolute atomic E-state index is 0.141. The number of hydrogen-bond donors (Lipinski definition) is 3. The topological polar surface area (TPSA) is 65.6 Å². The van der Waals surface area contributed by atoms with Gasteiger partial charge in [0.2, 0.25) is 0 Å². The molecule has 128 valence electrons. The molecule has 1 aromatic carbocycles. The van der Waals surface area contributed by atoms with E-state index in [1.807, 2.05) is 14.1 Å². The Bertz CT molecular complexity index is 466. The second-order valence-electron chi connectivity index (χ2n) is 5.49. The lowest BCUT2D eigenvalue weighted by Gasteiger charge is -2.26. The molecule has 3 N–H and O–H groups in total. The number of carbonyl (C=O) groups is 1. The second-order valence-corrected chi connectivity index (χ2v) is 6.74. The number of carbonyl (C=O) groups excluding carboxylic acids is 1. The molecule has 7 heteroatoms. The van der Waals surface area contributed by atoms with Crippen LogP contribution in [0.3, 0.4) is 0 Å². The Balaban J connectivity index is 0.000000595. The van der Waals surface area contributed by atoms with Crippen molar-refractivity contribution in [2.45, 2.75) is 17.3 Å². The Morgan fingerprint density at radius 2 is 1.91 bits per heavy atom. The van der Waals surface area contributed by atoms with E-state index in [0.29, 0.717) is 0 Å². The summed E-state index contributed by atoms with van der Waals surface area (Å²) in [7, 11) is 3.75. The molecule has 6 nitrogen and oxygen atoms in total. The smallest absolute Gasteiger partial charge is 0.148 e. The van der Waals surface area contributed by atoms with E-state index in [9.17, 15) is 4.79 Å². The van der Waals surface area contributed by atoms with Crippen molar-refractivity contribution in [2.24, 2.45) is 0 Å². The molecular formula is C16H26N4O2S. The summed E-state index contributed by atoms with van der Waals surface area (Å²) in [5.41, 5.74) is 8.60. The van der Waals surface area contributed by atoms with Gasteiger partial charge in [0.1, 0.15) is 11.7 Å². The molecule has 2 atom stereocenters. The number of aldehydes is 1. The molecule has 1 aromatic rings. The summed E-state index contributed by atoms with van der Waals surface area (Å²) in [6, 6.07) is 8.60. The molecule has 0 aliphatic carbocycles. The van der Waals surface area contributed by atoms with Crippen LogP contribution in [0.4, 0.5) is 0 Å². The molecule has 0 amide bonds. The lowest BCUT2D eigenvalue weighted by Crippen LogP contribution is -2.35. The van der Waals surface area contributed by atoms with Crippen LogP contribution in [0.2, 0.25) is 0 Å². The number of ether oxygens (including phenoxy) is 1. The SMILES string of the molecule is CNC.O=CC1NNC(c2ccc(CN3CCOCC3)cc2)S1. The molecule has 2 aliphatic heterocycles. The van der Waals surface area contributed by atoms with Crippen LogP contribution < -0.4 is 16.2 Å². The van der Waals surface area contributed by atoms with Gasteiger partial charge in [-0.3, -0.25) is 4.90 Å². The first-order valence-corrected chi connectivity index (χ1v) is 8.80. The highest BCUT2D eigenvalue weighted by Crippen LogP contribution is 2.31. The molecular weight excluding hydrogens is 312 g/mol. The zero-order valence-electron chi connectivity index (χ0n) is 13.7. The van der Waals surface area contributed by atoms with Crippen molar-refractivity contribution in [2.75, 3.05) is 40.4 Å². The van der Waals surface area contributed by atoms with Crippen molar-refractivity contribution in [1.29, 1.82) is 0 Å². The highest BCUT2D eigenvalue weighted by molar-refractivity contribution is 8.00. The number of benzene rings is 1. The summed E-state index contributed by atoms with van der Waals surface area (Å²) >= 11 is 1.59. The molecule has 3 rings (SSSR count). The first-order valence-electron chi connectivity index (χ1n) is 7.86. The molecule has 2 fully saturated rings. The van der Waals surface area contributed by atoms with E-state index in [0.717, 1.165) is 39.1 Å². The quantitative estimate of drug-likeness (QED) is 0.699. The van der Waals surface area contributed by atoms with Gasteiger partial charge in [0.15, 0.2) is 0 Å². The first-order chi connectivity index (χ1) is 11.3. The number of thioether (sulfide) groups is 1. The van der Waals surface area contributed by atoms with Gasteiger partial charge in [-0.25, -0.2) is 10.9 Å². The molecule has 2 aliphatic rings. The number of nitrogens with zero attached hydrogens (tertiary/aromatic N) is 1. The lowest BCUT2D eigenvalue weighted by atomic mass is 10.1. The van der Waals surface area contributed by atoms with Crippen LogP contribution in [-0.2, 0) is 16.1 Å². The number of hydrazine groups is 1. The average Bonchev–Trinajstić information content (AvgIpc) is 3.06. The maximum Gasteiger partial charge on any atom is 0.148 e. The van der Waals surface area contributed by atoms with Crippen molar-refractivity contribution in [3.8, 4) is 0 Å². The summed E-state index contributed by atoms with van der Waals surface area (Å²) in [4.78, 5) is 13.1. The van der Waals surface area contributed by atoms with E-state index < -0.39 is 0 Å². The summed E-state index contributed by atoms with van der Waals surface area (Å²) < 4.78 is 5.36. The van der Waals surface area contributed by atoms with Crippen LogP contribution in [0.1, 0.15) is 16.5 Å². The fraction of sp³-hybridized carbons (Fsp3) is 0.562. The van der Waals surface area contributed by atoms with Gasteiger partial charge < -0.3 is 14.8 Å². The Labute approximate surface area is 142 Å². The normalized spacial score (nSPS) is 24.8. The van der Waals surface area contributed by atoms with Gasteiger partial charge in [-0.15, -0.1) is 11.8 Å². The maximum atomic E-state index is 10.7. The standard InChI is InChI=1S/C14H19N3O2S.C2H7N/c18-10-13-15-16-14(20-13)12-3-1-11(2-4-12)9-17-5-7-19-8-6-17;1-3-2/h1-4,10,13-16H,5-9H2;3H,1-2H3. The Morgan fingerprint density at radius 3 is 2.48 bits per heavy atom. The molecule has 0 spiro atoms. The van der Waals surface area contributed by atoms with Crippen LogP contribution in [0.25, 0.3) is 0 Å². The third kappa shape index (κ3) is 5.87. The van der Waals surface area contributed by atoms with Crippen LogP contribution in [-0.4, -0.2) is 57.0 Å². The van der Waals surface area contributed by atoms with Crippen molar-refractivity contribution >= 4 is 18.0 Å². The zero-order valence-corrected chi connectivity index (χ0v) is 14.6. The van der Waals surface area contributed by atoms with E-state index >= 15 is 0 Å². The Morgan fingerprint density at radius 1 is 1.26 bits per heavy atom. The fourth-order valence-corrected chi connectivity index (χ4v) is 3.36. The Kier molecular flexibility index (Phi) is 8.01. The first kappa shape index (κ1) is 18.4. The largest absolute Gasteiger partial charge is 0.379 e. The van der Waals surface area contributed by atoms with Crippen molar-refractivity contribution in [3.63, 3.8) is 0 Å². The number of morpholine rings is 1. The average molecular weight is 338 g/mol. The van der Waals surface area contributed by atoms with Gasteiger partial charge in [0.25, 0.3) is 0 Å². The van der Waals surface area contributed by atoms with Crippen molar-refractivity contribution in [1.82, 2.24) is 21.1 Å². The van der Waals surface area contributed by atoms with Crippen molar-refractivity contribution in [3.05, 3.63) is 35.4 Å². The predicted octanol–water partition coefficient (Wildman–Crippen LogP) is 0.719. The minimum Gasteiger partial charge on any atom is -0.379 e. The molecule has 2 heterocycles. The summed E-state index contributed by atoms with van der Waals surface area (Å²) in [6.07, 6.45) is 0.921. The highest BCUT2D eigenvalue weighted by atomic mass is 32.2. The fourth-order valence-electron chi connectivity index (χ4n) is 2.42. The van der Waals surface area contributed by atoms with E-state index in [2.05, 4.69) is 45.3 Å². The molecule has 0 saturated carbocycles. The molecule has 23 heavy (non-hydrogen) atoms. The minimum atomic E-state index is -0.159. The van der Waals surface area contributed by atoms with Gasteiger partial charge in [-0.05, 0) is 25.2 Å². The monoisotopic (exact) mass is 338 g/mol. The van der Waals surface area contributed by atoms with Crippen molar-refractivity contribution < 1.29 is 9.53 Å². The van der Waals surface area contributed by atoms with E-state index in [1.165, 1.54) is 11.1 Å². The zero-order chi connectivity index (χ0) is 16.5. The van der Waals surface area contributed by atoms with Crippen LogP contribution in [0.5, 0.6) is 0 Å². The molecule has 0 bridgehead atoms. The number of hydrogen-bond acceptors (Lipinski definition) is 7. The molecule has 0 radical (unpaired) electrons. The highest BCUT2D eigenvalue weighted by Gasteiger charge is 2.24. The lowest BCUT2D eigenvalue weighted by molar-refractivity contribution is -0.107. The predicted molar refractivity (Wildman–Crippen MR) is 94.0 cm³/mol. The molecule has 2 unspecified atom stereocenters. The number of rotatable bonds is 4. The molecule has 0 aromatic heterocycles. The van der Waals surface area contributed by atoms with E-state index in [1.54, 1.807) is 11.8 Å². The summed E-state index contributed by atoms with van der Waals surface area (Å²) in [5, 5.41) is 2.73. The van der Waals surface area contributed by atoms with Gasteiger partial charge >= 0.3 is 0 Å². The van der Waals surface area contributed by atoms with Gasteiger partial charge in [0, 0.05) is 19.6 Å². The third-order valence-electron chi connectivity index (χ3n) is 3.56. The van der Waals surface area contributed by atoms with E-state index in [-0.39, 0.29) is 10.7 Å². The maximum absolute atomic E-state index is 10.7. The van der Waals surface area contributed by atoms with Crippen LogP contribution in [0.15, 0.2) is 24.3 Å². The van der Waals surface area contributed by atoms with Gasteiger partial charge in [-0.1, -0.05) is 24.3 Å². The summed E-state index contributed by atoms with van der Waals surface area (Å²) in [6.45, 7) is 4.66. The van der Waals surface area contributed by atoms with Crippen LogP contribution in [0, 0.1) is 0 Å². The number of nitrogens with one attached hydrogen (secondary N) is 3. The summed E-state index contributed by atoms with van der Waals surface area (Å²) in [5.74, 6) is 0. The van der Waals surface area contributed by atoms with Crippen LogP contribution >= 0.6 is 11.8 Å². The van der Waals surface area contributed by atoms with Gasteiger partial charge in [-0.2, -0.15) is 0 Å². The molecule has 2 saturated heterocycles. The van der Waals surface area contributed by atoms with E-state index in [4.69, 9.17) is 4.74 Å².